The highest BCUT2D eigenvalue weighted by Gasteiger charge is 2.18. The van der Waals surface area contributed by atoms with Gasteiger partial charge in [0.25, 0.3) is 0 Å². The number of hydrogen-bond donors (Lipinski definition) is 0. The van der Waals surface area contributed by atoms with Gasteiger partial charge in [-0.15, -0.1) is 0 Å². The molecular formula is C32H36N4. The van der Waals surface area contributed by atoms with Crippen LogP contribution < -0.4 is 19.6 Å². The van der Waals surface area contributed by atoms with E-state index in [0.717, 1.165) is 52.4 Å². The monoisotopic (exact) mass is 476 g/mol. The molecule has 0 spiro atoms. The Kier molecular flexibility index (Phi) is 8.04. The lowest BCUT2D eigenvalue weighted by atomic mass is 10.2. The van der Waals surface area contributed by atoms with E-state index in [9.17, 15) is 0 Å². The Morgan fingerprint density at radius 3 is 0.917 bits per heavy atom. The zero-order valence-corrected chi connectivity index (χ0v) is 21.0. The summed E-state index contributed by atoms with van der Waals surface area (Å²) < 4.78 is 0. The molecule has 1 heterocycles. The van der Waals surface area contributed by atoms with E-state index in [1.54, 1.807) is 0 Å². The number of para-hydroxylation sites is 4. The van der Waals surface area contributed by atoms with E-state index < -0.39 is 0 Å². The molecule has 0 unspecified atom stereocenters. The average molecular weight is 477 g/mol. The summed E-state index contributed by atoms with van der Waals surface area (Å²) >= 11 is 0. The van der Waals surface area contributed by atoms with Gasteiger partial charge in [-0.3, -0.25) is 0 Å². The van der Waals surface area contributed by atoms with Crippen molar-refractivity contribution in [2.45, 2.75) is 6.42 Å². The quantitative estimate of drug-likeness (QED) is 0.339. The Balaban J connectivity index is 1.47. The first kappa shape index (κ1) is 23.8. The third-order valence-corrected chi connectivity index (χ3v) is 6.96. The Morgan fingerprint density at radius 2 is 0.583 bits per heavy atom. The second-order valence-electron chi connectivity index (χ2n) is 9.34. The van der Waals surface area contributed by atoms with Crippen LogP contribution in [0.3, 0.4) is 0 Å². The van der Waals surface area contributed by atoms with Crippen LogP contribution >= 0.6 is 0 Å². The molecule has 0 bridgehead atoms. The molecule has 1 saturated heterocycles. The van der Waals surface area contributed by atoms with Crippen LogP contribution in [0.5, 0.6) is 0 Å². The van der Waals surface area contributed by atoms with E-state index in [0.29, 0.717) is 0 Å². The maximum absolute atomic E-state index is 2.55. The van der Waals surface area contributed by atoms with Gasteiger partial charge in [-0.2, -0.15) is 0 Å². The van der Waals surface area contributed by atoms with E-state index in [2.05, 4.69) is 141 Å². The maximum atomic E-state index is 2.55. The molecule has 1 fully saturated rings. The molecular weight excluding hydrogens is 440 g/mol. The summed E-state index contributed by atoms with van der Waals surface area (Å²) in [7, 11) is 0. The molecule has 1 aliphatic rings. The lowest BCUT2D eigenvalue weighted by Crippen LogP contribution is -2.46. The van der Waals surface area contributed by atoms with Crippen molar-refractivity contribution in [3.05, 3.63) is 121 Å². The molecule has 4 aromatic rings. The van der Waals surface area contributed by atoms with Gasteiger partial charge in [0.15, 0.2) is 0 Å². The van der Waals surface area contributed by atoms with Gasteiger partial charge in [0.1, 0.15) is 0 Å². The van der Waals surface area contributed by atoms with Crippen LogP contribution in [0.2, 0.25) is 0 Å². The maximum Gasteiger partial charge on any atom is 0.0904 e. The van der Waals surface area contributed by atoms with E-state index in [1.807, 2.05) is 0 Å². The number of hydrogen-bond acceptors (Lipinski definition) is 4. The summed E-state index contributed by atoms with van der Waals surface area (Å²) in [6.45, 7) is 6.81. The molecule has 184 valence electrons. The third kappa shape index (κ3) is 6.19. The van der Waals surface area contributed by atoms with Crippen molar-refractivity contribution in [3.8, 4) is 0 Å². The zero-order chi connectivity index (χ0) is 24.4. The Hall–Kier alpha value is -3.92. The first-order valence-electron chi connectivity index (χ1n) is 13.1. The summed E-state index contributed by atoms with van der Waals surface area (Å²) in [5, 5.41) is 0. The van der Waals surface area contributed by atoms with Gasteiger partial charge >= 0.3 is 0 Å². The van der Waals surface area contributed by atoms with Crippen molar-refractivity contribution >= 4 is 22.7 Å². The van der Waals surface area contributed by atoms with Gasteiger partial charge in [0, 0.05) is 62.0 Å². The van der Waals surface area contributed by atoms with Crippen molar-refractivity contribution in [1.29, 1.82) is 0 Å². The van der Waals surface area contributed by atoms with Crippen LogP contribution in [0.1, 0.15) is 6.42 Å². The summed E-state index contributed by atoms with van der Waals surface area (Å²) in [6.07, 6.45) is 1.11. The molecule has 0 radical (unpaired) electrons. The summed E-state index contributed by atoms with van der Waals surface area (Å²) in [5.41, 5.74) is 5.13. The molecule has 1 aliphatic heterocycles. The third-order valence-electron chi connectivity index (χ3n) is 6.96. The van der Waals surface area contributed by atoms with Crippen LogP contribution in [-0.4, -0.2) is 45.9 Å². The fourth-order valence-corrected chi connectivity index (χ4v) is 5.00. The molecule has 4 aromatic carbocycles. The Morgan fingerprint density at radius 1 is 0.306 bits per heavy atom. The SMILES string of the molecule is c1ccc(N2CCCN(c3ccccc3)CCN(c3ccccc3)CN(c3ccccc3)CC2)cc1. The van der Waals surface area contributed by atoms with Crippen LogP contribution in [0.25, 0.3) is 0 Å². The molecule has 0 saturated carbocycles. The highest BCUT2D eigenvalue weighted by atomic mass is 15.3. The number of benzene rings is 4. The molecule has 36 heavy (non-hydrogen) atoms. The standard InChI is InChI=1S/C32H36N4/c1-5-14-29(15-6-1)33-22-13-23-34(30-16-7-2-8-17-30)25-27-36(32-20-11-4-12-21-32)28-35(26-24-33)31-18-9-3-10-19-31/h1-12,14-21H,13,22-28H2. The summed E-state index contributed by atoms with van der Waals surface area (Å²) in [5.74, 6) is 0. The van der Waals surface area contributed by atoms with Gasteiger partial charge in [0.05, 0.1) is 6.67 Å². The minimum atomic E-state index is 0.847. The van der Waals surface area contributed by atoms with Gasteiger partial charge in [0.2, 0.25) is 0 Å². The van der Waals surface area contributed by atoms with E-state index >= 15 is 0 Å². The topological polar surface area (TPSA) is 13.0 Å². The van der Waals surface area contributed by atoms with Crippen LogP contribution in [0, 0.1) is 0 Å². The second-order valence-corrected chi connectivity index (χ2v) is 9.34. The molecule has 0 aromatic heterocycles. The summed E-state index contributed by atoms with van der Waals surface area (Å²) in [6, 6.07) is 43.5. The number of anilines is 4. The van der Waals surface area contributed by atoms with Crippen LogP contribution in [0.4, 0.5) is 22.7 Å². The highest BCUT2D eigenvalue weighted by Crippen LogP contribution is 2.22. The molecule has 0 N–H and O–H groups in total. The molecule has 4 nitrogen and oxygen atoms in total. The predicted octanol–water partition coefficient (Wildman–Crippen LogP) is 6.37. The normalized spacial score (nSPS) is 15.8. The smallest absolute Gasteiger partial charge is 0.0904 e. The minimum absolute atomic E-state index is 0.847. The van der Waals surface area contributed by atoms with Crippen molar-refractivity contribution in [2.24, 2.45) is 0 Å². The molecule has 0 amide bonds. The van der Waals surface area contributed by atoms with Crippen molar-refractivity contribution in [1.82, 2.24) is 0 Å². The second kappa shape index (κ2) is 12.2. The first-order valence-corrected chi connectivity index (χ1v) is 13.1. The lowest BCUT2D eigenvalue weighted by Gasteiger charge is -2.38. The molecule has 0 atom stereocenters. The van der Waals surface area contributed by atoms with Crippen LogP contribution in [-0.2, 0) is 0 Å². The Bertz CT molecular complexity index is 1060. The predicted molar refractivity (Wildman–Crippen MR) is 154 cm³/mol. The van der Waals surface area contributed by atoms with Crippen molar-refractivity contribution < 1.29 is 0 Å². The molecule has 0 aliphatic carbocycles. The van der Waals surface area contributed by atoms with Crippen molar-refractivity contribution in [2.75, 3.05) is 65.5 Å². The number of rotatable bonds is 4. The lowest BCUT2D eigenvalue weighted by molar-refractivity contribution is 0.634. The average Bonchev–Trinajstić information content (AvgIpc) is 2.95. The highest BCUT2D eigenvalue weighted by molar-refractivity contribution is 5.53. The fraction of sp³-hybridized carbons (Fsp3) is 0.250. The molecule has 5 rings (SSSR count). The van der Waals surface area contributed by atoms with Gasteiger partial charge in [-0.1, -0.05) is 72.8 Å². The van der Waals surface area contributed by atoms with E-state index in [-0.39, 0.29) is 0 Å². The molecule has 4 heteroatoms. The number of nitrogens with zero attached hydrogens (tertiary/aromatic N) is 4. The fourth-order valence-electron chi connectivity index (χ4n) is 5.00. The van der Waals surface area contributed by atoms with Crippen molar-refractivity contribution in [3.63, 3.8) is 0 Å². The zero-order valence-electron chi connectivity index (χ0n) is 21.0. The largest absolute Gasteiger partial charge is 0.370 e. The van der Waals surface area contributed by atoms with E-state index in [1.165, 1.54) is 22.7 Å². The summed E-state index contributed by atoms with van der Waals surface area (Å²) in [4.78, 5) is 10.1. The Labute approximate surface area is 216 Å². The van der Waals surface area contributed by atoms with Gasteiger partial charge in [-0.25, -0.2) is 0 Å². The van der Waals surface area contributed by atoms with Crippen LogP contribution in [0.15, 0.2) is 121 Å². The van der Waals surface area contributed by atoms with Gasteiger partial charge in [-0.05, 0) is 55.0 Å². The first-order chi connectivity index (χ1) is 17.9. The van der Waals surface area contributed by atoms with E-state index in [4.69, 9.17) is 0 Å². The minimum Gasteiger partial charge on any atom is -0.370 e. The van der Waals surface area contributed by atoms with Gasteiger partial charge < -0.3 is 19.6 Å².